The highest BCUT2D eigenvalue weighted by atomic mass is 35.5. The predicted octanol–water partition coefficient (Wildman–Crippen LogP) is 3.30. The molecule has 0 atom stereocenters. The monoisotopic (exact) mass is 414 g/mol. The van der Waals surface area contributed by atoms with Gasteiger partial charge in [-0.15, -0.1) is 0 Å². The molecule has 1 aliphatic rings. The van der Waals surface area contributed by atoms with Gasteiger partial charge >= 0.3 is 0 Å². The summed E-state index contributed by atoms with van der Waals surface area (Å²) in [5, 5.41) is 8.01. The molecule has 0 aliphatic carbocycles. The maximum Gasteiger partial charge on any atom is 0.292 e. The first-order chi connectivity index (χ1) is 12.4. The molecular formula is C17H17Cl3N4O2. The van der Waals surface area contributed by atoms with E-state index in [1.54, 1.807) is 24.4 Å². The van der Waals surface area contributed by atoms with Crippen LogP contribution in [0.5, 0.6) is 0 Å². The number of amides is 1. The third kappa shape index (κ3) is 3.98. The Morgan fingerprint density at radius 2 is 1.88 bits per heavy atom. The molecule has 1 fully saturated rings. The highest BCUT2D eigenvalue weighted by molar-refractivity contribution is 6.36. The molecule has 3 rings (SSSR count). The Morgan fingerprint density at radius 3 is 2.50 bits per heavy atom. The fourth-order valence-electron chi connectivity index (χ4n) is 3.02. The summed E-state index contributed by atoms with van der Waals surface area (Å²) in [5.41, 5.74) is 0.551. The van der Waals surface area contributed by atoms with Gasteiger partial charge in [0.05, 0.1) is 22.6 Å². The summed E-state index contributed by atoms with van der Waals surface area (Å²) < 4.78 is 1.16. The molecule has 1 amide bonds. The number of hydrogen-bond acceptors (Lipinski definition) is 4. The van der Waals surface area contributed by atoms with Crippen molar-refractivity contribution in [3.63, 3.8) is 0 Å². The molecule has 9 heteroatoms. The lowest BCUT2D eigenvalue weighted by molar-refractivity contribution is -0.119. The van der Waals surface area contributed by atoms with Crippen LogP contribution in [-0.4, -0.2) is 34.8 Å². The van der Waals surface area contributed by atoms with Gasteiger partial charge in [-0.05, 0) is 31.0 Å². The molecule has 0 spiro atoms. The number of hydrogen-bond donors (Lipinski definition) is 1. The maximum atomic E-state index is 12.7. The van der Waals surface area contributed by atoms with Crippen molar-refractivity contribution >= 4 is 46.4 Å². The molecule has 6 nitrogen and oxygen atoms in total. The van der Waals surface area contributed by atoms with Crippen LogP contribution in [0, 0.1) is 0 Å². The zero-order chi connectivity index (χ0) is 18.8. The third-order valence-corrected chi connectivity index (χ3v) is 5.17. The fraction of sp³-hybridized carbons (Fsp3) is 0.353. The quantitative estimate of drug-likeness (QED) is 0.835. The summed E-state index contributed by atoms with van der Waals surface area (Å²) in [7, 11) is 0. The largest absolute Gasteiger partial charge is 0.369 e. The van der Waals surface area contributed by atoms with Gasteiger partial charge in [0.15, 0.2) is 0 Å². The topological polar surface area (TPSA) is 67.2 Å². The third-order valence-electron chi connectivity index (χ3n) is 4.28. The van der Waals surface area contributed by atoms with Crippen LogP contribution in [0.3, 0.4) is 0 Å². The average molecular weight is 416 g/mol. The van der Waals surface area contributed by atoms with Gasteiger partial charge in [0.25, 0.3) is 5.56 Å². The van der Waals surface area contributed by atoms with E-state index in [0.29, 0.717) is 34.5 Å². The van der Waals surface area contributed by atoms with Crippen molar-refractivity contribution < 1.29 is 4.79 Å². The molecule has 2 heterocycles. The van der Waals surface area contributed by atoms with Gasteiger partial charge in [-0.25, -0.2) is 0 Å². The van der Waals surface area contributed by atoms with Crippen LogP contribution >= 0.6 is 34.8 Å². The standard InChI is InChI=1S/C17H17Cl3N4O2/c1-10(25)22-12-4-6-23(7-5-12)15-9-21-24(17(26)16(15)20)14-3-2-11(18)8-13(14)19/h2-3,8-9,12H,4-7H2,1H3,(H,22,25). The van der Waals surface area contributed by atoms with Crippen LogP contribution in [0.1, 0.15) is 19.8 Å². The Labute approximate surface area is 165 Å². The minimum Gasteiger partial charge on any atom is -0.369 e. The van der Waals surface area contributed by atoms with Crippen LogP contribution in [0.2, 0.25) is 15.1 Å². The van der Waals surface area contributed by atoms with Crippen LogP contribution in [0.25, 0.3) is 5.69 Å². The van der Waals surface area contributed by atoms with E-state index in [1.807, 2.05) is 4.90 Å². The van der Waals surface area contributed by atoms with E-state index in [1.165, 1.54) is 6.92 Å². The van der Waals surface area contributed by atoms with E-state index in [4.69, 9.17) is 34.8 Å². The Balaban J connectivity index is 1.85. The first kappa shape index (κ1) is 19.0. The van der Waals surface area contributed by atoms with Gasteiger partial charge in [0.2, 0.25) is 5.91 Å². The molecule has 0 saturated carbocycles. The summed E-state index contributed by atoms with van der Waals surface area (Å²) in [6.45, 7) is 2.86. The van der Waals surface area contributed by atoms with Gasteiger partial charge in [0, 0.05) is 31.1 Å². The Hall–Kier alpha value is -1.76. The lowest BCUT2D eigenvalue weighted by atomic mass is 10.0. The smallest absolute Gasteiger partial charge is 0.292 e. The van der Waals surface area contributed by atoms with Crippen molar-refractivity contribution in [2.75, 3.05) is 18.0 Å². The predicted molar refractivity (Wildman–Crippen MR) is 104 cm³/mol. The van der Waals surface area contributed by atoms with Gasteiger partial charge < -0.3 is 10.2 Å². The molecule has 1 aliphatic heterocycles. The summed E-state index contributed by atoms with van der Waals surface area (Å²) in [6, 6.07) is 4.93. The number of halogens is 3. The van der Waals surface area contributed by atoms with Gasteiger partial charge in [-0.1, -0.05) is 34.8 Å². The summed E-state index contributed by atoms with van der Waals surface area (Å²) in [4.78, 5) is 25.8. The van der Waals surface area contributed by atoms with Gasteiger partial charge in [0.1, 0.15) is 5.02 Å². The van der Waals surface area contributed by atoms with E-state index in [9.17, 15) is 9.59 Å². The Morgan fingerprint density at radius 1 is 1.19 bits per heavy atom. The van der Waals surface area contributed by atoms with Gasteiger partial charge in [-0.2, -0.15) is 9.78 Å². The lowest BCUT2D eigenvalue weighted by Gasteiger charge is -2.33. The summed E-state index contributed by atoms with van der Waals surface area (Å²) in [6.07, 6.45) is 3.12. The molecule has 1 aromatic carbocycles. The second-order valence-corrected chi connectivity index (χ2v) is 7.34. The second-order valence-electron chi connectivity index (χ2n) is 6.12. The minimum atomic E-state index is -0.447. The number of carbonyl (C=O) groups excluding carboxylic acids is 1. The molecule has 0 bridgehead atoms. The summed E-state index contributed by atoms with van der Waals surface area (Å²) in [5.74, 6) is -0.0365. The van der Waals surface area contributed by atoms with Crippen molar-refractivity contribution in [2.45, 2.75) is 25.8 Å². The number of rotatable bonds is 3. The zero-order valence-corrected chi connectivity index (χ0v) is 16.3. The van der Waals surface area contributed by atoms with Crippen LogP contribution in [0.15, 0.2) is 29.2 Å². The Kier molecular flexibility index (Phi) is 5.75. The first-order valence-corrected chi connectivity index (χ1v) is 9.25. The number of anilines is 1. The molecular weight excluding hydrogens is 399 g/mol. The van der Waals surface area contributed by atoms with Crippen molar-refractivity contribution in [2.24, 2.45) is 0 Å². The second kappa shape index (κ2) is 7.86. The number of piperidine rings is 1. The van der Waals surface area contributed by atoms with Crippen molar-refractivity contribution in [3.05, 3.63) is 49.8 Å². The minimum absolute atomic E-state index is 0.0365. The molecule has 1 aromatic heterocycles. The van der Waals surface area contributed by atoms with E-state index in [-0.39, 0.29) is 17.0 Å². The number of nitrogens with one attached hydrogen (secondary N) is 1. The number of carbonyl (C=O) groups is 1. The number of aromatic nitrogens is 2. The summed E-state index contributed by atoms with van der Waals surface area (Å²) >= 11 is 18.4. The highest BCUT2D eigenvalue weighted by Gasteiger charge is 2.23. The highest BCUT2D eigenvalue weighted by Crippen LogP contribution is 2.27. The van der Waals surface area contributed by atoms with Crippen LogP contribution in [-0.2, 0) is 4.79 Å². The van der Waals surface area contributed by atoms with E-state index in [2.05, 4.69) is 10.4 Å². The number of benzene rings is 1. The van der Waals surface area contributed by atoms with E-state index < -0.39 is 5.56 Å². The van der Waals surface area contributed by atoms with E-state index in [0.717, 1.165) is 17.5 Å². The van der Waals surface area contributed by atoms with Crippen molar-refractivity contribution in [3.8, 4) is 5.69 Å². The van der Waals surface area contributed by atoms with E-state index >= 15 is 0 Å². The molecule has 1 N–H and O–H groups in total. The van der Waals surface area contributed by atoms with Crippen molar-refractivity contribution in [1.82, 2.24) is 15.1 Å². The SMILES string of the molecule is CC(=O)NC1CCN(c2cnn(-c3ccc(Cl)cc3Cl)c(=O)c2Cl)CC1. The molecule has 1 saturated heterocycles. The lowest BCUT2D eigenvalue weighted by Crippen LogP contribution is -2.44. The molecule has 26 heavy (non-hydrogen) atoms. The molecule has 0 radical (unpaired) electrons. The first-order valence-electron chi connectivity index (χ1n) is 8.12. The average Bonchev–Trinajstić information content (AvgIpc) is 2.58. The Bertz CT molecular complexity index is 892. The zero-order valence-electron chi connectivity index (χ0n) is 14.0. The molecule has 138 valence electrons. The molecule has 2 aromatic rings. The van der Waals surface area contributed by atoms with Crippen LogP contribution in [0.4, 0.5) is 5.69 Å². The normalized spacial score (nSPS) is 15.2. The fourth-order valence-corrected chi connectivity index (χ4v) is 3.76. The maximum absolute atomic E-state index is 12.7. The van der Waals surface area contributed by atoms with Gasteiger partial charge in [-0.3, -0.25) is 9.59 Å². The number of nitrogens with zero attached hydrogens (tertiary/aromatic N) is 3. The molecule has 0 unspecified atom stereocenters. The van der Waals surface area contributed by atoms with Crippen molar-refractivity contribution in [1.29, 1.82) is 0 Å². The van der Waals surface area contributed by atoms with Crippen LogP contribution < -0.4 is 15.8 Å².